The topological polar surface area (TPSA) is 35.5 Å². The van der Waals surface area contributed by atoms with E-state index in [1.54, 1.807) is 0 Å². The van der Waals surface area contributed by atoms with E-state index in [9.17, 15) is 5.11 Å². The van der Waals surface area contributed by atoms with E-state index in [1.807, 2.05) is 0 Å². The second-order valence-corrected chi connectivity index (χ2v) is 7.16. The van der Waals surface area contributed by atoms with Gasteiger partial charge in [0.1, 0.15) is 0 Å². The van der Waals surface area contributed by atoms with Crippen molar-refractivity contribution in [2.75, 3.05) is 26.2 Å². The Labute approximate surface area is 113 Å². The van der Waals surface area contributed by atoms with Gasteiger partial charge in [-0.2, -0.15) is 0 Å². The minimum atomic E-state index is -0.237. The predicted molar refractivity (Wildman–Crippen MR) is 77.8 cm³/mol. The van der Waals surface area contributed by atoms with Crippen LogP contribution in [0, 0.1) is 11.3 Å². The molecule has 0 aromatic carbocycles. The SMILES string of the molecule is CC(C)NCC(O)CN1CCC(C(C)(C)C)CC1. The van der Waals surface area contributed by atoms with Crippen LogP contribution < -0.4 is 5.32 Å². The molecule has 1 rings (SSSR count). The molecule has 0 radical (unpaired) electrons. The lowest BCUT2D eigenvalue weighted by Gasteiger charge is -2.39. The van der Waals surface area contributed by atoms with E-state index in [1.165, 1.54) is 12.8 Å². The van der Waals surface area contributed by atoms with Gasteiger partial charge < -0.3 is 15.3 Å². The zero-order valence-electron chi connectivity index (χ0n) is 12.9. The van der Waals surface area contributed by atoms with E-state index in [4.69, 9.17) is 0 Å². The van der Waals surface area contributed by atoms with Crippen molar-refractivity contribution in [1.82, 2.24) is 10.2 Å². The quantitative estimate of drug-likeness (QED) is 0.791. The Kier molecular flexibility index (Phi) is 6.09. The highest BCUT2D eigenvalue weighted by atomic mass is 16.3. The molecule has 2 N–H and O–H groups in total. The van der Waals surface area contributed by atoms with E-state index < -0.39 is 0 Å². The number of nitrogens with zero attached hydrogens (tertiary/aromatic N) is 1. The first-order valence-corrected chi connectivity index (χ1v) is 7.43. The van der Waals surface area contributed by atoms with Gasteiger partial charge in [-0.1, -0.05) is 34.6 Å². The van der Waals surface area contributed by atoms with Gasteiger partial charge in [-0.05, 0) is 37.3 Å². The highest BCUT2D eigenvalue weighted by Crippen LogP contribution is 2.34. The third-order valence-electron chi connectivity index (χ3n) is 4.04. The molecular weight excluding hydrogens is 224 g/mol. The molecule has 1 saturated heterocycles. The van der Waals surface area contributed by atoms with Crippen molar-refractivity contribution in [2.24, 2.45) is 11.3 Å². The van der Waals surface area contributed by atoms with Gasteiger partial charge in [0.05, 0.1) is 6.10 Å². The van der Waals surface area contributed by atoms with Crippen LogP contribution in [0.2, 0.25) is 0 Å². The Balaban J connectivity index is 2.23. The zero-order chi connectivity index (χ0) is 13.8. The van der Waals surface area contributed by atoms with Crippen molar-refractivity contribution in [3.8, 4) is 0 Å². The van der Waals surface area contributed by atoms with Crippen LogP contribution >= 0.6 is 0 Å². The van der Waals surface area contributed by atoms with Crippen LogP contribution in [-0.2, 0) is 0 Å². The summed E-state index contributed by atoms with van der Waals surface area (Å²) in [6, 6.07) is 0.450. The van der Waals surface area contributed by atoms with Crippen molar-refractivity contribution in [1.29, 1.82) is 0 Å². The monoisotopic (exact) mass is 256 g/mol. The van der Waals surface area contributed by atoms with Crippen molar-refractivity contribution in [3.63, 3.8) is 0 Å². The average Bonchev–Trinajstić information content (AvgIpc) is 2.26. The van der Waals surface area contributed by atoms with Gasteiger partial charge in [-0.25, -0.2) is 0 Å². The highest BCUT2D eigenvalue weighted by Gasteiger charge is 2.29. The third-order valence-corrected chi connectivity index (χ3v) is 4.04. The number of likely N-dealkylation sites (tertiary alicyclic amines) is 1. The molecule has 1 aliphatic rings. The molecule has 1 heterocycles. The first-order chi connectivity index (χ1) is 8.29. The van der Waals surface area contributed by atoms with E-state index in [0.29, 0.717) is 18.0 Å². The minimum absolute atomic E-state index is 0.237. The summed E-state index contributed by atoms with van der Waals surface area (Å²) in [5, 5.41) is 13.3. The molecule has 3 nitrogen and oxygen atoms in total. The van der Waals surface area contributed by atoms with Gasteiger partial charge >= 0.3 is 0 Å². The molecule has 3 heteroatoms. The summed E-state index contributed by atoms with van der Waals surface area (Å²) >= 11 is 0. The molecule has 0 amide bonds. The summed E-state index contributed by atoms with van der Waals surface area (Å²) in [6.45, 7) is 15.1. The minimum Gasteiger partial charge on any atom is -0.390 e. The molecule has 0 aromatic heterocycles. The van der Waals surface area contributed by atoms with Gasteiger partial charge in [0.15, 0.2) is 0 Å². The van der Waals surface area contributed by atoms with Crippen molar-refractivity contribution >= 4 is 0 Å². The van der Waals surface area contributed by atoms with E-state index in [0.717, 1.165) is 25.6 Å². The Morgan fingerprint density at radius 3 is 2.22 bits per heavy atom. The van der Waals surface area contributed by atoms with Gasteiger partial charge in [0, 0.05) is 19.1 Å². The number of nitrogens with one attached hydrogen (secondary N) is 1. The Bertz CT molecular complexity index is 227. The standard InChI is InChI=1S/C15H32N2O/c1-12(2)16-10-14(18)11-17-8-6-13(7-9-17)15(3,4)5/h12-14,16,18H,6-11H2,1-5H3. The summed E-state index contributed by atoms with van der Waals surface area (Å²) in [5.41, 5.74) is 0.434. The number of aliphatic hydroxyl groups is 1. The highest BCUT2D eigenvalue weighted by molar-refractivity contribution is 4.81. The van der Waals surface area contributed by atoms with Gasteiger partial charge in [-0.15, -0.1) is 0 Å². The van der Waals surface area contributed by atoms with Crippen molar-refractivity contribution < 1.29 is 5.11 Å². The van der Waals surface area contributed by atoms with Gasteiger partial charge in [-0.3, -0.25) is 0 Å². The summed E-state index contributed by atoms with van der Waals surface area (Å²) < 4.78 is 0. The summed E-state index contributed by atoms with van der Waals surface area (Å²) in [5.74, 6) is 0.833. The van der Waals surface area contributed by atoms with Crippen LogP contribution in [-0.4, -0.2) is 48.3 Å². The zero-order valence-corrected chi connectivity index (χ0v) is 12.9. The van der Waals surface area contributed by atoms with Crippen LogP contribution in [0.15, 0.2) is 0 Å². The maximum absolute atomic E-state index is 9.97. The molecule has 108 valence electrons. The lowest BCUT2D eigenvalue weighted by atomic mass is 9.75. The first-order valence-electron chi connectivity index (χ1n) is 7.43. The molecule has 1 fully saturated rings. The van der Waals surface area contributed by atoms with Gasteiger partial charge in [0.2, 0.25) is 0 Å². The maximum atomic E-state index is 9.97. The van der Waals surface area contributed by atoms with Crippen molar-refractivity contribution in [3.05, 3.63) is 0 Å². The van der Waals surface area contributed by atoms with E-state index in [-0.39, 0.29) is 6.10 Å². The molecule has 1 atom stereocenters. The summed E-state index contributed by atoms with van der Waals surface area (Å²) in [4.78, 5) is 2.41. The Hall–Kier alpha value is -0.120. The van der Waals surface area contributed by atoms with E-state index >= 15 is 0 Å². The molecule has 0 saturated carbocycles. The smallest absolute Gasteiger partial charge is 0.0791 e. The number of rotatable bonds is 5. The molecule has 1 aliphatic heterocycles. The predicted octanol–water partition coefficient (Wildman–Crippen LogP) is 2.10. The number of aliphatic hydroxyl groups excluding tert-OH is 1. The van der Waals surface area contributed by atoms with Crippen LogP contribution in [0.5, 0.6) is 0 Å². The lowest BCUT2D eigenvalue weighted by molar-refractivity contribution is 0.0647. The second-order valence-electron chi connectivity index (χ2n) is 7.16. The van der Waals surface area contributed by atoms with Crippen molar-refractivity contribution in [2.45, 2.75) is 59.6 Å². The fourth-order valence-electron chi connectivity index (χ4n) is 2.72. The Morgan fingerprint density at radius 2 is 1.78 bits per heavy atom. The van der Waals surface area contributed by atoms with Crippen LogP contribution in [0.4, 0.5) is 0 Å². The van der Waals surface area contributed by atoms with E-state index in [2.05, 4.69) is 44.8 Å². The fourth-order valence-corrected chi connectivity index (χ4v) is 2.72. The number of β-amino-alcohol motifs (C(OH)–C–C–N with tert-alkyl or cyclic N) is 1. The lowest BCUT2D eigenvalue weighted by Crippen LogP contribution is -2.44. The molecule has 0 aromatic rings. The number of hydrogen-bond acceptors (Lipinski definition) is 3. The summed E-state index contributed by atoms with van der Waals surface area (Å²) in [7, 11) is 0. The van der Waals surface area contributed by atoms with Gasteiger partial charge in [0.25, 0.3) is 0 Å². The molecule has 0 bridgehead atoms. The number of piperidine rings is 1. The molecule has 0 spiro atoms. The third kappa shape index (κ3) is 5.68. The van der Waals surface area contributed by atoms with Crippen LogP contribution in [0.3, 0.4) is 0 Å². The Morgan fingerprint density at radius 1 is 1.22 bits per heavy atom. The fraction of sp³-hybridized carbons (Fsp3) is 1.00. The average molecular weight is 256 g/mol. The van der Waals surface area contributed by atoms with Crippen LogP contribution in [0.1, 0.15) is 47.5 Å². The molecule has 18 heavy (non-hydrogen) atoms. The largest absolute Gasteiger partial charge is 0.390 e. The normalized spacial score (nSPS) is 21.5. The maximum Gasteiger partial charge on any atom is 0.0791 e. The molecule has 1 unspecified atom stereocenters. The summed E-state index contributed by atoms with van der Waals surface area (Å²) in [6.07, 6.45) is 2.31. The first kappa shape index (κ1) is 15.9. The number of hydrogen-bond donors (Lipinski definition) is 2. The molecule has 0 aliphatic carbocycles. The molecular formula is C15H32N2O. The second kappa shape index (κ2) is 6.88. The van der Waals surface area contributed by atoms with Crippen LogP contribution in [0.25, 0.3) is 0 Å².